The molecule has 0 aliphatic carbocycles. The number of amides is 1. The molecule has 0 radical (unpaired) electrons. The summed E-state index contributed by atoms with van der Waals surface area (Å²) in [7, 11) is 1.60. The molecular weight excluding hydrogens is 240 g/mol. The van der Waals surface area contributed by atoms with Gasteiger partial charge in [-0.2, -0.15) is 0 Å². The zero-order valence-electron chi connectivity index (χ0n) is 10.3. The number of ether oxygens (including phenoxy) is 1. The van der Waals surface area contributed by atoms with Gasteiger partial charge in [-0.05, 0) is 13.3 Å². The molecule has 96 valence electrons. The van der Waals surface area contributed by atoms with Gasteiger partial charge < -0.3 is 15.4 Å². The van der Waals surface area contributed by atoms with Gasteiger partial charge in [-0.25, -0.2) is 0 Å². The Morgan fingerprint density at radius 2 is 2.29 bits per heavy atom. The number of nitrogens with zero attached hydrogens (tertiary/aromatic N) is 2. The highest BCUT2D eigenvalue weighted by Gasteiger charge is 2.14. The van der Waals surface area contributed by atoms with Crippen molar-refractivity contribution in [2.24, 2.45) is 0 Å². The minimum Gasteiger partial charge on any atom is -0.383 e. The summed E-state index contributed by atoms with van der Waals surface area (Å²) in [4.78, 5) is 11.7. The summed E-state index contributed by atoms with van der Waals surface area (Å²) in [5, 5.41) is 14.6. The fourth-order valence-electron chi connectivity index (χ4n) is 1.20. The van der Waals surface area contributed by atoms with Crippen LogP contribution in [0.1, 0.15) is 30.1 Å². The number of carbonyl (C=O) groups excluding carboxylic acids is 1. The third-order valence-electron chi connectivity index (χ3n) is 1.94. The molecule has 0 aliphatic heterocycles. The average molecular weight is 258 g/mol. The van der Waals surface area contributed by atoms with E-state index in [4.69, 9.17) is 4.74 Å². The highest BCUT2D eigenvalue weighted by Crippen LogP contribution is 2.14. The van der Waals surface area contributed by atoms with Gasteiger partial charge in [-0.3, -0.25) is 4.79 Å². The summed E-state index contributed by atoms with van der Waals surface area (Å²) >= 11 is 1.25. The number of methoxy groups -OCH3 is 1. The highest BCUT2D eigenvalue weighted by molar-refractivity contribution is 7.17. The van der Waals surface area contributed by atoms with E-state index in [9.17, 15) is 4.79 Å². The van der Waals surface area contributed by atoms with E-state index in [0.29, 0.717) is 16.7 Å². The number of carbonyl (C=O) groups is 1. The van der Waals surface area contributed by atoms with Gasteiger partial charge in [0.2, 0.25) is 10.1 Å². The molecule has 1 heterocycles. The fourth-order valence-corrected chi connectivity index (χ4v) is 1.87. The molecule has 1 rings (SSSR count). The lowest BCUT2D eigenvalue weighted by molar-refractivity contribution is 0.0904. The first-order valence-electron chi connectivity index (χ1n) is 5.54. The van der Waals surface area contributed by atoms with E-state index >= 15 is 0 Å². The van der Waals surface area contributed by atoms with E-state index in [1.165, 1.54) is 11.3 Å². The molecule has 2 N–H and O–H groups in total. The maximum Gasteiger partial charge on any atom is 0.282 e. The van der Waals surface area contributed by atoms with Crippen LogP contribution in [-0.4, -0.2) is 42.4 Å². The topological polar surface area (TPSA) is 76.1 Å². The first-order chi connectivity index (χ1) is 8.17. The van der Waals surface area contributed by atoms with Crippen molar-refractivity contribution in [2.45, 2.75) is 26.3 Å². The third kappa shape index (κ3) is 4.66. The minimum atomic E-state index is -0.211. The van der Waals surface area contributed by atoms with E-state index in [2.05, 4.69) is 27.8 Å². The summed E-state index contributed by atoms with van der Waals surface area (Å²) in [6.07, 6.45) is 1.01. The van der Waals surface area contributed by atoms with Crippen molar-refractivity contribution in [2.75, 3.05) is 25.6 Å². The number of nitrogens with one attached hydrogen (secondary N) is 2. The molecule has 6 nitrogen and oxygen atoms in total. The molecule has 1 atom stereocenters. The molecule has 0 aromatic carbocycles. The first kappa shape index (κ1) is 13.9. The normalized spacial score (nSPS) is 12.2. The van der Waals surface area contributed by atoms with Crippen LogP contribution in [0.2, 0.25) is 0 Å². The summed E-state index contributed by atoms with van der Waals surface area (Å²) < 4.78 is 4.94. The monoisotopic (exact) mass is 258 g/mol. The Kier molecular flexibility index (Phi) is 5.85. The molecule has 1 amide bonds. The van der Waals surface area contributed by atoms with Crippen molar-refractivity contribution in [3.63, 3.8) is 0 Å². The van der Waals surface area contributed by atoms with Crippen molar-refractivity contribution in [1.82, 2.24) is 15.5 Å². The van der Waals surface area contributed by atoms with Crippen molar-refractivity contribution in [3.05, 3.63) is 5.01 Å². The largest absolute Gasteiger partial charge is 0.383 e. The van der Waals surface area contributed by atoms with Crippen LogP contribution in [0.15, 0.2) is 0 Å². The molecule has 1 aromatic rings. The zero-order chi connectivity index (χ0) is 12.7. The van der Waals surface area contributed by atoms with Gasteiger partial charge in [0, 0.05) is 19.7 Å². The van der Waals surface area contributed by atoms with E-state index in [1.54, 1.807) is 7.11 Å². The molecule has 1 aromatic heterocycles. The molecule has 0 bridgehead atoms. The Bertz CT molecular complexity index is 356. The highest BCUT2D eigenvalue weighted by atomic mass is 32.1. The van der Waals surface area contributed by atoms with Crippen LogP contribution < -0.4 is 10.6 Å². The molecule has 17 heavy (non-hydrogen) atoms. The lowest BCUT2D eigenvalue weighted by Crippen LogP contribution is -2.35. The second-order valence-corrected chi connectivity index (χ2v) is 4.65. The molecule has 0 spiro atoms. The van der Waals surface area contributed by atoms with Crippen molar-refractivity contribution >= 4 is 22.4 Å². The number of aromatic nitrogens is 2. The van der Waals surface area contributed by atoms with Gasteiger partial charge >= 0.3 is 0 Å². The molecule has 1 unspecified atom stereocenters. The van der Waals surface area contributed by atoms with Crippen molar-refractivity contribution in [1.29, 1.82) is 0 Å². The summed E-state index contributed by atoms with van der Waals surface area (Å²) in [5.74, 6) is -0.211. The molecule has 0 saturated heterocycles. The van der Waals surface area contributed by atoms with Crippen LogP contribution in [0.3, 0.4) is 0 Å². The first-order valence-corrected chi connectivity index (χ1v) is 6.36. The Morgan fingerprint density at radius 1 is 1.53 bits per heavy atom. The third-order valence-corrected chi connectivity index (χ3v) is 2.82. The smallest absolute Gasteiger partial charge is 0.282 e. The van der Waals surface area contributed by atoms with Gasteiger partial charge in [0.05, 0.1) is 6.61 Å². The SMILES string of the molecule is CCCNc1nnc(C(=O)NC(C)COC)s1. The summed E-state index contributed by atoms with van der Waals surface area (Å²) in [6.45, 7) is 5.24. The van der Waals surface area contributed by atoms with E-state index < -0.39 is 0 Å². The quantitative estimate of drug-likeness (QED) is 0.766. The number of anilines is 1. The second-order valence-electron chi connectivity index (χ2n) is 3.67. The molecule has 0 fully saturated rings. The number of rotatable bonds is 7. The van der Waals surface area contributed by atoms with Gasteiger partial charge in [-0.15, -0.1) is 10.2 Å². The lowest BCUT2D eigenvalue weighted by atomic mass is 10.3. The Balaban J connectivity index is 2.48. The lowest BCUT2D eigenvalue weighted by Gasteiger charge is -2.10. The van der Waals surface area contributed by atoms with Crippen LogP contribution in [-0.2, 0) is 4.74 Å². The fraction of sp³-hybridized carbons (Fsp3) is 0.700. The second kappa shape index (κ2) is 7.18. The van der Waals surface area contributed by atoms with Crippen molar-refractivity contribution < 1.29 is 9.53 Å². The maximum atomic E-state index is 11.7. The van der Waals surface area contributed by atoms with Gasteiger partial charge in [0.15, 0.2) is 0 Å². The maximum absolute atomic E-state index is 11.7. The standard InChI is InChI=1S/C10H18N4O2S/c1-4-5-11-10-14-13-9(17-10)8(15)12-7(2)6-16-3/h7H,4-6H2,1-3H3,(H,11,14)(H,12,15). The summed E-state index contributed by atoms with van der Waals surface area (Å²) in [5.41, 5.74) is 0. The molecule has 7 heteroatoms. The van der Waals surface area contributed by atoms with Crippen molar-refractivity contribution in [3.8, 4) is 0 Å². The van der Waals surface area contributed by atoms with E-state index in [-0.39, 0.29) is 11.9 Å². The number of hydrogen-bond acceptors (Lipinski definition) is 6. The molecule has 0 aliphatic rings. The van der Waals surface area contributed by atoms with Gasteiger partial charge in [0.1, 0.15) is 0 Å². The number of hydrogen-bond donors (Lipinski definition) is 2. The zero-order valence-corrected chi connectivity index (χ0v) is 11.1. The van der Waals surface area contributed by atoms with Gasteiger partial charge in [-0.1, -0.05) is 18.3 Å². The van der Waals surface area contributed by atoms with Gasteiger partial charge in [0.25, 0.3) is 5.91 Å². The molecule has 0 saturated carbocycles. The Labute approximate surface area is 105 Å². The average Bonchev–Trinajstić information content (AvgIpc) is 2.75. The van der Waals surface area contributed by atoms with Crippen LogP contribution in [0, 0.1) is 0 Å². The van der Waals surface area contributed by atoms with Crippen LogP contribution in [0.25, 0.3) is 0 Å². The Hall–Kier alpha value is -1.21. The van der Waals surface area contributed by atoms with Crippen LogP contribution in [0.4, 0.5) is 5.13 Å². The van der Waals surface area contributed by atoms with E-state index in [1.807, 2.05) is 6.92 Å². The van der Waals surface area contributed by atoms with Crippen LogP contribution in [0.5, 0.6) is 0 Å². The minimum absolute atomic E-state index is 0.0385. The van der Waals surface area contributed by atoms with Crippen LogP contribution >= 0.6 is 11.3 Å². The Morgan fingerprint density at radius 3 is 2.94 bits per heavy atom. The van der Waals surface area contributed by atoms with E-state index in [0.717, 1.165) is 13.0 Å². The molecular formula is C10H18N4O2S. The predicted octanol–water partition coefficient (Wildman–Crippen LogP) is 1.12. The summed E-state index contributed by atoms with van der Waals surface area (Å²) in [6, 6.07) is -0.0385. The predicted molar refractivity (Wildman–Crippen MR) is 67.5 cm³/mol.